The molecule has 4 heteroatoms. The van der Waals surface area contributed by atoms with Gasteiger partial charge < -0.3 is 4.90 Å². The van der Waals surface area contributed by atoms with Gasteiger partial charge in [0.1, 0.15) is 16.8 Å². The largest absolute Gasteiger partial charge is 0.329 e. The van der Waals surface area contributed by atoms with Crippen LogP contribution in [0.4, 0.5) is 11.5 Å². The molecule has 0 saturated heterocycles. The summed E-state index contributed by atoms with van der Waals surface area (Å²) in [7, 11) is 2.04. The number of para-hydroxylation sites is 1. The molecule has 1 aliphatic heterocycles. The molecule has 3 nitrogen and oxygen atoms in total. The number of anilines is 2. The van der Waals surface area contributed by atoms with Crippen molar-refractivity contribution in [3.8, 4) is 0 Å². The second-order valence-corrected chi connectivity index (χ2v) is 5.44. The second-order valence-electron chi connectivity index (χ2n) is 5.09. The van der Waals surface area contributed by atoms with Crippen LogP contribution in [0, 0.1) is 6.92 Å². The van der Waals surface area contributed by atoms with Gasteiger partial charge >= 0.3 is 0 Å². The Morgan fingerprint density at radius 3 is 2.79 bits per heavy atom. The van der Waals surface area contributed by atoms with Crippen LogP contribution in [0.15, 0.2) is 24.3 Å². The molecule has 98 valence electrons. The van der Waals surface area contributed by atoms with Gasteiger partial charge in [0.25, 0.3) is 0 Å². The SMILES string of the molecule is Cc1nc(Cl)c2c(n1)N(C)c1ccccc1C(C)C2. The van der Waals surface area contributed by atoms with E-state index < -0.39 is 0 Å². The van der Waals surface area contributed by atoms with Crippen LogP contribution in [0.25, 0.3) is 0 Å². The van der Waals surface area contributed by atoms with E-state index in [0.29, 0.717) is 16.9 Å². The number of nitrogens with zero attached hydrogens (tertiary/aromatic N) is 3. The van der Waals surface area contributed by atoms with E-state index in [9.17, 15) is 0 Å². The highest BCUT2D eigenvalue weighted by atomic mass is 35.5. The van der Waals surface area contributed by atoms with E-state index in [1.165, 1.54) is 11.3 Å². The van der Waals surface area contributed by atoms with E-state index in [1.54, 1.807) is 0 Å². The summed E-state index contributed by atoms with van der Waals surface area (Å²) in [5.41, 5.74) is 3.57. The molecule has 2 heterocycles. The first-order valence-corrected chi connectivity index (χ1v) is 6.81. The summed E-state index contributed by atoms with van der Waals surface area (Å²) in [6.07, 6.45) is 0.871. The first-order chi connectivity index (χ1) is 9.08. The van der Waals surface area contributed by atoms with Gasteiger partial charge in [0, 0.05) is 18.3 Å². The molecule has 0 bridgehead atoms. The van der Waals surface area contributed by atoms with Crippen molar-refractivity contribution in [1.82, 2.24) is 9.97 Å². The molecule has 0 spiro atoms. The molecule has 1 aliphatic rings. The zero-order valence-electron chi connectivity index (χ0n) is 11.3. The Morgan fingerprint density at radius 1 is 1.26 bits per heavy atom. The predicted octanol–water partition coefficient (Wildman–Crippen LogP) is 3.87. The molecule has 3 rings (SSSR count). The fraction of sp³-hybridized carbons (Fsp3) is 0.333. The van der Waals surface area contributed by atoms with Gasteiger partial charge in [0.2, 0.25) is 0 Å². The Hall–Kier alpha value is -1.61. The Kier molecular flexibility index (Phi) is 2.94. The molecule has 19 heavy (non-hydrogen) atoms. The lowest BCUT2D eigenvalue weighted by Crippen LogP contribution is -2.14. The summed E-state index contributed by atoms with van der Waals surface area (Å²) >= 11 is 6.32. The average molecular weight is 274 g/mol. The molecule has 1 atom stereocenters. The summed E-state index contributed by atoms with van der Waals surface area (Å²) in [4.78, 5) is 11.0. The summed E-state index contributed by atoms with van der Waals surface area (Å²) in [6.45, 7) is 4.10. The minimum Gasteiger partial charge on any atom is -0.329 e. The van der Waals surface area contributed by atoms with E-state index in [-0.39, 0.29) is 0 Å². The van der Waals surface area contributed by atoms with Crippen LogP contribution < -0.4 is 4.90 Å². The third kappa shape index (κ3) is 1.98. The number of fused-ring (bicyclic) bond motifs is 2. The van der Waals surface area contributed by atoms with Crippen LogP contribution in [0.5, 0.6) is 0 Å². The molecular formula is C15H16ClN3. The molecule has 0 N–H and O–H groups in total. The molecule has 1 aromatic carbocycles. The van der Waals surface area contributed by atoms with Gasteiger partial charge in [-0.05, 0) is 30.9 Å². The smallest absolute Gasteiger partial charge is 0.141 e. The van der Waals surface area contributed by atoms with Crippen molar-refractivity contribution in [2.75, 3.05) is 11.9 Å². The van der Waals surface area contributed by atoms with Gasteiger partial charge in [0.15, 0.2) is 0 Å². The molecule has 0 amide bonds. The highest BCUT2D eigenvalue weighted by Crippen LogP contribution is 2.40. The lowest BCUT2D eigenvalue weighted by molar-refractivity contribution is 0.762. The van der Waals surface area contributed by atoms with E-state index in [2.05, 4.69) is 46.1 Å². The minimum absolute atomic E-state index is 0.406. The summed E-state index contributed by atoms with van der Waals surface area (Å²) in [5, 5.41) is 0.578. The van der Waals surface area contributed by atoms with E-state index in [1.807, 2.05) is 14.0 Å². The van der Waals surface area contributed by atoms with Crippen molar-refractivity contribution >= 4 is 23.1 Å². The number of hydrogen-bond acceptors (Lipinski definition) is 3. The lowest BCUT2D eigenvalue weighted by Gasteiger charge is -2.21. The van der Waals surface area contributed by atoms with Crippen molar-refractivity contribution in [3.05, 3.63) is 46.4 Å². The van der Waals surface area contributed by atoms with E-state index in [0.717, 1.165) is 17.8 Å². The third-order valence-corrected chi connectivity index (χ3v) is 4.02. The van der Waals surface area contributed by atoms with Gasteiger partial charge in [-0.15, -0.1) is 0 Å². The fourth-order valence-electron chi connectivity index (χ4n) is 2.74. The van der Waals surface area contributed by atoms with Crippen LogP contribution in [0.2, 0.25) is 5.15 Å². The monoisotopic (exact) mass is 273 g/mol. The molecule has 1 aromatic heterocycles. The van der Waals surface area contributed by atoms with Crippen molar-refractivity contribution in [2.24, 2.45) is 0 Å². The van der Waals surface area contributed by atoms with E-state index in [4.69, 9.17) is 11.6 Å². The average Bonchev–Trinajstić information content (AvgIpc) is 2.49. The third-order valence-electron chi connectivity index (χ3n) is 3.70. The predicted molar refractivity (Wildman–Crippen MR) is 78.4 cm³/mol. The van der Waals surface area contributed by atoms with Gasteiger partial charge in [-0.25, -0.2) is 9.97 Å². The standard InChI is InChI=1S/C15H16ClN3/c1-9-8-12-14(16)17-10(2)18-15(12)19(3)13-7-5-4-6-11(9)13/h4-7,9H,8H2,1-3H3. The topological polar surface area (TPSA) is 29.0 Å². The first kappa shape index (κ1) is 12.4. The summed E-state index contributed by atoms with van der Waals surface area (Å²) in [5.74, 6) is 2.04. The Balaban J connectivity index is 2.26. The molecule has 0 saturated carbocycles. The molecule has 2 aromatic rings. The van der Waals surface area contributed by atoms with Gasteiger partial charge in [-0.1, -0.05) is 36.7 Å². The van der Waals surface area contributed by atoms with Gasteiger partial charge in [-0.2, -0.15) is 0 Å². The quantitative estimate of drug-likeness (QED) is 0.683. The van der Waals surface area contributed by atoms with Crippen LogP contribution in [0.3, 0.4) is 0 Å². The Bertz CT molecular complexity index is 639. The van der Waals surface area contributed by atoms with Crippen molar-refractivity contribution in [2.45, 2.75) is 26.2 Å². The van der Waals surface area contributed by atoms with Gasteiger partial charge in [0.05, 0.1) is 0 Å². The molecule has 1 unspecified atom stereocenters. The molecule has 0 radical (unpaired) electrons. The van der Waals surface area contributed by atoms with Crippen molar-refractivity contribution < 1.29 is 0 Å². The van der Waals surface area contributed by atoms with Crippen LogP contribution in [0.1, 0.15) is 29.8 Å². The van der Waals surface area contributed by atoms with E-state index >= 15 is 0 Å². The van der Waals surface area contributed by atoms with Crippen molar-refractivity contribution in [1.29, 1.82) is 0 Å². The highest BCUT2D eigenvalue weighted by molar-refractivity contribution is 6.30. The van der Waals surface area contributed by atoms with Gasteiger partial charge in [-0.3, -0.25) is 0 Å². The zero-order chi connectivity index (χ0) is 13.6. The highest BCUT2D eigenvalue weighted by Gasteiger charge is 2.25. The Morgan fingerprint density at radius 2 is 2.00 bits per heavy atom. The normalized spacial score (nSPS) is 17.7. The number of benzene rings is 1. The number of aryl methyl sites for hydroxylation is 1. The molecular weight excluding hydrogens is 258 g/mol. The maximum atomic E-state index is 6.32. The summed E-state index contributed by atoms with van der Waals surface area (Å²) < 4.78 is 0. The van der Waals surface area contributed by atoms with Crippen molar-refractivity contribution in [3.63, 3.8) is 0 Å². The number of halogens is 1. The van der Waals surface area contributed by atoms with Crippen LogP contribution >= 0.6 is 11.6 Å². The maximum Gasteiger partial charge on any atom is 0.141 e. The maximum absolute atomic E-state index is 6.32. The molecule has 0 aliphatic carbocycles. The number of aromatic nitrogens is 2. The molecule has 0 fully saturated rings. The second kappa shape index (κ2) is 4.49. The summed E-state index contributed by atoms with van der Waals surface area (Å²) in [6, 6.07) is 8.45. The first-order valence-electron chi connectivity index (χ1n) is 6.43. The number of hydrogen-bond donors (Lipinski definition) is 0. The van der Waals surface area contributed by atoms with Crippen LogP contribution in [-0.2, 0) is 6.42 Å². The van der Waals surface area contributed by atoms with Crippen LogP contribution in [-0.4, -0.2) is 17.0 Å². The minimum atomic E-state index is 0.406. The fourth-order valence-corrected chi connectivity index (χ4v) is 3.02. The Labute approximate surface area is 118 Å². The number of rotatable bonds is 0. The zero-order valence-corrected chi connectivity index (χ0v) is 12.1. The lowest BCUT2D eigenvalue weighted by atomic mass is 9.95.